The van der Waals surface area contributed by atoms with E-state index in [0.717, 1.165) is 6.42 Å². The van der Waals surface area contributed by atoms with Crippen molar-refractivity contribution in [1.29, 1.82) is 0 Å². The zero-order valence-electron chi connectivity index (χ0n) is 23.8. The normalized spacial score (nSPS) is 11.0. The van der Waals surface area contributed by atoms with E-state index >= 15 is 0 Å². The van der Waals surface area contributed by atoms with Crippen molar-refractivity contribution >= 4 is 0 Å². The Morgan fingerprint density at radius 3 is 1.12 bits per heavy atom. The fraction of sp³-hybridized carbons (Fsp3) is 0.412. The van der Waals surface area contributed by atoms with E-state index in [4.69, 9.17) is 0 Å². The van der Waals surface area contributed by atoms with E-state index in [2.05, 4.69) is 108 Å². The second-order valence-electron chi connectivity index (χ2n) is 10.3. The Balaban J connectivity index is 2.30. The molecule has 0 heteroatoms. The summed E-state index contributed by atoms with van der Waals surface area (Å²) in [4.78, 5) is 0. The fourth-order valence-electron chi connectivity index (χ4n) is 5.70. The number of rotatable bonds is 2. The van der Waals surface area contributed by atoms with Crippen molar-refractivity contribution in [1.82, 2.24) is 0 Å². The van der Waals surface area contributed by atoms with Crippen molar-refractivity contribution in [2.75, 3.05) is 0 Å². The molecule has 0 atom stereocenters. The molecule has 0 amide bonds. The second-order valence-corrected chi connectivity index (χ2v) is 10.3. The Hall–Kier alpha value is -2.78. The summed E-state index contributed by atoms with van der Waals surface area (Å²) in [6, 6.07) is 2.32. The van der Waals surface area contributed by atoms with Gasteiger partial charge in [-0.15, -0.1) is 0 Å². The molecule has 0 fully saturated rings. The van der Waals surface area contributed by atoms with Crippen LogP contribution < -0.4 is 0 Å². The van der Waals surface area contributed by atoms with Gasteiger partial charge in [0, 0.05) is 11.1 Å². The van der Waals surface area contributed by atoms with Gasteiger partial charge in [0.2, 0.25) is 0 Å². The van der Waals surface area contributed by atoms with Crippen LogP contribution in [0.15, 0.2) is 6.07 Å². The SMILES string of the molecule is CCc1c(C)c(C)c(C#Cc2c(C)c(C)c(-c3c(C)c(C)cc(C)c3C)c(C)c2C)c(C)c1C. The molecule has 34 heavy (non-hydrogen) atoms. The van der Waals surface area contributed by atoms with Gasteiger partial charge in [0.25, 0.3) is 0 Å². The highest BCUT2D eigenvalue weighted by Gasteiger charge is 2.20. The predicted octanol–water partition coefficient (Wildman–Crippen LogP) is 9.02. The molecule has 178 valence electrons. The summed E-state index contributed by atoms with van der Waals surface area (Å²) in [5.41, 5.74) is 22.9. The standard InChI is InChI=1S/C34H42/c1-14-30-22(6)24(8)31(25(9)23(30)7)15-16-32-26(10)28(12)34(29(13)27(32)11)33-20(4)18(2)17-19(3)21(33)5/h17H,14H2,1-13H3. The molecule has 0 nitrogen and oxygen atoms in total. The van der Waals surface area contributed by atoms with E-state index in [1.165, 1.54) is 94.6 Å². The third kappa shape index (κ3) is 4.01. The first kappa shape index (κ1) is 25.8. The first-order valence-corrected chi connectivity index (χ1v) is 12.6. The third-order valence-electron chi connectivity index (χ3n) is 8.69. The Kier molecular flexibility index (Phi) is 7.19. The Bertz CT molecular complexity index is 1300. The smallest absolute Gasteiger partial charge is 0.0313 e. The van der Waals surface area contributed by atoms with Crippen molar-refractivity contribution in [3.63, 3.8) is 0 Å². The van der Waals surface area contributed by atoms with Crippen molar-refractivity contribution in [2.45, 2.75) is 96.4 Å². The topological polar surface area (TPSA) is 0 Å². The maximum atomic E-state index is 3.63. The minimum Gasteiger partial charge on any atom is -0.0613 e. The summed E-state index contributed by atoms with van der Waals surface area (Å²) in [5, 5.41) is 0. The molecule has 0 aromatic heterocycles. The highest BCUT2D eigenvalue weighted by Crippen LogP contribution is 2.39. The number of hydrogen-bond donors (Lipinski definition) is 0. The molecule has 0 radical (unpaired) electrons. The summed E-state index contributed by atoms with van der Waals surface area (Å²) in [7, 11) is 0. The van der Waals surface area contributed by atoms with Gasteiger partial charge in [-0.3, -0.25) is 0 Å². The average Bonchev–Trinajstić information content (AvgIpc) is 2.79. The maximum absolute atomic E-state index is 3.63. The van der Waals surface area contributed by atoms with Crippen LogP contribution in [-0.2, 0) is 6.42 Å². The summed E-state index contributed by atoms with van der Waals surface area (Å²) in [5.74, 6) is 7.25. The molecular formula is C34H42. The van der Waals surface area contributed by atoms with Crippen LogP contribution in [0.4, 0.5) is 0 Å². The quantitative estimate of drug-likeness (QED) is 0.342. The number of hydrogen-bond acceptors (Lipinski definition) is 0. The molecule has 0 saturated heterocycles. The minimum atomic E-state index is 1.07. The van der Waals surface area contributed by atoms with Gasteiger partial charge in [0.1, 0.15) is 0 Å². The molecule has 0 aliphatic heterocycles. The lowest BCUT2D eigenvalue weighted by molar-refractivity contribution is 1.05. The highest BCUT2D eigenvalue weighted by molar-refractivity contribution is 5.81. The molecule has 0 saturated carbocycles. The molecule has 3 aromatic carbocycles. The van der Waals surface area contributed by atoms with E-state index in [1.807, 2.05) is 0 Å². The van der Waals surface area contributed by atoms with Gasteiger partial charge in [0.15, 0.2) is 0 Å². The fourth-order valence-corrected chi connectivity index (χ4v) is 5.70. The molecule has 0 heterocycles. The molecule has 0 aliphatic rings. The summed E-state index contributed by atoms with van der Waals surface area (Å²) in [6.45, 7) is 29.3. The van der Waals surface area contributed by atoms with Gasteiger partial charge >= 0.3 is 0 Å². The van der Waals surface area contributed by atoms with Gasteiger partial charge in [-0.1, -0.05) is 24.8 Å². The average molecular weight is 451 g/mol. The predicted molar refractivity (Wildman–Crippen MR) is 151 cm³/mol. The molecule has 3 rings (SSSR count). The Labute approximate surface area is 208 Å². The lowest BCUT2D eigenvalue weighted by atomic mass is 9.81. The first-order valence-electron chi connectivity index (χ1n) is 12.6. The zero-order valence-corrected chi connectivity index (χ0v) is 23.8. The van der Waals surface area contributed by atoms with Crippen LogP contribution in [0.25, 0.3) is 11.1 Å². The lowest BCUT2D eigenvalue weighted by Crippen LogP contribution is -2.05. The van der Waals surface area contributed by atoms with E-state index < -0.39 is 0 Å². The van der Waals surface area contributed by atoms with E-state index in [0.29, 0.717) is 0 Å². The Morgan fingerprint density at radius 1 is 0.441 bits per heavy atom. The van der Waals surface area contributed by atoms with Gasteiger partial charge in [-0.2, -0.15) is 0 Å². The number of aryl methyl sites for hydroxylation is 2. The first-order chi connectivity index (χ1) is 15.8. The van der Waals surface area contributed by atoms with Crippen LogP contribution in [0.2, 0.25) is 0 Å². The van der Waals surface area contributed by atoms with Crippen molar-refractivity contribution < 1.29 is 0 Å². The molecule has 0 spiro atoms. The van der Waals surface area contributed by atoms with Gasteiger partial charge < -0.3 is 0 Å². The van der Waals surface area contributed by atoms with Gasteiger partial charge in [-0.05, 0) is 173 Å². The largest absolute Gasteiger partial charge is 0.0613 e. The van der Waals surface area contributed by atoms with Crippen LogP contribution in [0.5, 0.6) is 0 Å². The third-order valence-corrected chi connectivity index (χ3v) is 8.69. The van der Waals surface area contributed by atoms with Crippen molar-refractivity contribution in [3.8, 4) is 23.0 Å². The highest BCUT2D eigenvalue weighted by atomic mass is 14.2. The monoisotopic (exact) mass is 450 g/mol. The Morgan fingerprint density at radius 2 is 0.765 bits per heavy atom. The van der Waals surface area contributed by atoms with Crippen LogP contribution in [-0.4, -0.2) is 0 Å². The van der Waals surface area contributed by atoms with E-state index in [1.54, 1.807) is 0 Å². The van der Waals surface area contributed by atoms with Gasteiger partial charge in [-0.25, -0.2) is 0 Å². The number of benzene rings is 3. The van der Waals surface area contributed by atoms with E-state index in [9.17, 15) is 0 Å². The van der Waals surface area contributed by atoms with Crippen LogP contribution in [0.1, 0.15) is 90.4 Å². The molecule has 0 N–H and O–H groups in total. The zero-order chi connectivity index (χ0) is 25.6. The molecule has 0 bridgehead atoms. The van der Waals surface area contributed by atoms with Crippen LogP contribution in [0.3, 0.4) is 0 Å². The summed E-state index contributed by atoms with van der Waals surface area (Å²) < 4.78 is 0. The second kappa shape index (κ2) is 9.46. The van der Waals surface area contributed by atoms with Crippen molar-refractivity contribution in [3.05, 3.63) is 89.5 Å². The summed E-state index contributed by atoms with van der Waals surface area (Å²) >= 11 is 0. The molecular weight excluding hydrogens is 408 g/mol. The molecule has 0 aliphatic carbocycles. The van der Waals surface area contributed by atoms with E-state index in [-0.39, 0.29) is 0 Å². The summed E-state index contributed by atoms with van der Waals surface area (Å²) in [6.07, 6.45) is 1.07. The van der Waals surface area contributed by atoms with Gasteiger partial charge in [0.05, 0.1) is 0 Å². The minimum absolute atomic E-state index is 1.07. The molecule has 0 unspecified atom stereocenters. The van der Waals surface area contributed by atoms with Crippen LogP contribution in [0, 0.1) is 94.9 Å². The maximum Gasteiger partial charge on any atom is 0.0313 e. The van der Waals surface area contributed by atoms with Crippen LogP contribution >= 0.6 is 0 Å². The van der Waals surface area contributed by atoms with Crippen molar-refractivity contribution in [2.24, 2.45) is 0 Å². The molecule has 3 aromatic rings. The lowest BCUT2D eigenvalue weighted by Gasteiger charge is -2.23.